The molecule has 0 bridgehead atoms. The predicted molar refractivity (Wildman–Crippen MR) is 35.0 cm³/mol. The molecule has 2 heteroatoms. The van der Waals surface area contributed by atoms with Crippen LogP contribution in [0, 0.1) is 11.3 Å². The van der Waals surface area contributed by atoms with Gasteiger partial charge in [0.1, 0.15) is 0 Å². The maximum atomic E-state index is 5.62. The summed E-state index contributed by atoms with van der Waals surface area (Å²) < 4.78 is 5.29. The van der Waals surface area contributed by atoms with E-state index in [9.17, 15) is 0 Å². The van der Waals surface area contributed by atoms with Gasteiger partial charge in [0.2, 0.25) is 0 Å². The molecule has 1 saturated carbocycles. The first-order valence-electron chi connectivity index (χ1n) is 3.65. The maximum Gasteiger partial charge on any atom is 0.0500 e. The van der Waals surface area contributed by atoms with Crippen molar-refractivity contribution in [2.75, 3.05) is 19.8 Å². The molecule has 0 aromatic rings. The standard InChI is InChI=1S/C7H13NO/c8-5-7-1-2-9-4-6(7)3-7/h6H,1-5,8H2. The minimum atomic E-state index is 0.540. The normalized spacial score (nSPS) is 48.3. The Morgan fingerprint density at radius 3 is 3.11 bits per heavy atom. The summed E-state index contributed by atoms with van der Waals surface area (Å²) in [6.07, 6.45) is 2.53. The molecule has 1 saturated heterocycles. The molecule has 1 aliphatic heterocycles. The third-order valence-corrected chi connectivity index (χ3v) is 2.83. The Hall–Kier alpha value is -0.0800. The van der Waals surface area contributed by atoms with Crippen LogP contribution >= 0.6 is 0 Å². The lowest BCUT2D eigenvalue weighted by molar-refractivity contribution is 0.0639. The molecule has 0 aromatic carbocycles. The predicted octanol–water partition coefficient (Wildman–Crippen LogP) is 0.372. The summed E-state index contributed by atoms with van der Waals surface area (Å²) in [6.45, 7) is 2.78. The van der Waals surface area contributed by atoms with Crippen LogP contribution in [0.3, 0.4) is 0 Å². The Kier molecular flexibility index (Phi) is 1.08. The largest absolute Gasteiger partial charge is 0.381 e. The number of ether oxygens (including phenoxy) is 1. The van der Waals surface area contributed by atoms with Gasteiger partial charge in [0.05, 0.1) is 0 Å². The van der Waals surface area contributed by atoms with Crippen molar-refractivity contribution < 1.29 is 4.74 Å². The highest BCUT2D eigenvalue weighted by molar-refractivity contribution is 5.04. The molecule has 2 unspecified atom stereocenters. The monoisotopic (exact) mass is 127 g/mol. The highest BCUT2D eigenvalue weighted by atomic mass is 16.5. The van der Waals surface area contributed by atoms with Crippen molar-refractivity contribution in [3.05, 3.63) is 0 Å². The van der Waals surface area contributed by atoms with E-state index < -0.39 is 0 Å². The summed E-state index contributed by atoms with van der Waals surface area (Å²) in [5.41, 5.74) is 6.16. The van der Waals surface area contributed by atoms with Gasteiger partial charge in [0.25, 0.3) is 0 Å². The van der Waals surface area contributed by atoms with Crippen LogP contribution < -0.4 is 5.73 Å². The average molecular weight is 127 g/mol. The average Bonchev–Trinajstić information content (AvgIpc) is 2.62. The van der Waals surface area contributed by atoms with Gasteiger partial charge in [-0.25, -0.2) is 0 Å². The Bertz CT molecular complexity index is 126. The Morgan fingerprint density at radius 2 is 2.56 bits per heavy atom. The van der Waals surface area contributed by atoms with Gasteiger partial charge in [-0.2, -0.15) is 0 Å². The molecule has 2 N–H and O–H groups in total. The summed E-state index contributed by atoms with van der Waals surface area (Å²) in [6, 6.07) is 0. The van der Waals surface area contributed by atoms with Crippen LogP contribution in [0.2, 0.25) is 0 Å². The fourth-order valence-corrected chi connectivity index (χ4v) is 1.83. The minimum absolute atomic E-state index is 0.540. The van der Waals surface area contributed by atoms with Crippen molar-refractivity contribution in [2.45, 2.75) is 12.8 Å². The van der Waals surface area contributed by atoms with Gasteiger partial charge in [0, 0.05) is 13.2 Å². The number of nitrogens with two attached hydrogens (primary N) is 1. The van der Waals surface area contributed by atoms with E-state index in [1.165, 1.54) is 12.8 Å². The van der Waals surface area contributed by atoms with Gasteiger partial charge in [0.15, 0.2) is 0 Å². The second-order valence-electron chi connectivity index (χ2n) is 3.29. The molecule has 2 rings (SSSR count). The molecular formula is C7H13NO. The molecule has 1 heterocycles. The number of hydrogen-bond donors (Lipinski definition) is 1. The van der Waals surface area contributed by atoms with Crippen LogP contribution in [-0.4, -0.2) is 19.8 Å². The lowest BCUT2D eigenvalue weighted by Gasteiger charge is -2.19. The summed E-state index contributed by atoms with van der Waals surface area (Å²) in [4.78, 5) is 0. The van der Waals surface area contributed by atoms with Crippen LogP contribution in [0.1, 0.15) is 12.8 Å². The van der Waals surface area contributed by atoms with Crippen molar-refractivity contribution in [3.63, 3.8) is 0 Å². The number of hydrogen-bond acceptors (Lipinski definition) is 2. The molecule has 2 nitrogen and oxygen atoms in total. The lowest BCUT2D eigenvalue weighted by atomic mass is 9.99. The number of fused-ring (bicyclic) bond motifs is 1. The van der Waals surface area contributed by atoms with Gasteiger partial charge in [-0.3, -0.25) is 0 Å². The SMILES string of the molecule is NCC12CCOCC1C2. The minimum Gasteiger partial charge on any atom is -0.381 e. The van der Waals surface area contributed by atoms with E-state index in [-0.39, 0.29) is 0 Å². The molecule has 2 atom stereocenters. The quantitative estimate of drug-likeness (QED) is 0.552. The summed E-state index contributed by atoms with van der Waals surface area (Å²) in [5, 5.41) is 0. The van der Waals surface area contributed by atoms with E-state index in [1.54, 1.807) is 0 Å². The van der Waals surface area contributed by atoms with Gasteiger partial charge in [-0.1, -0.05) is 0 Å². The second-order valence-corrected chi connectivity index (χ2v) is 3.29. The first-order chi connectivity index (χ1) is 4.37. The van der Waals surface area contributed by atoms with Crippen LogP contribution in [0.25, 0.3) is 0 Å². The van der Waals surface area contributed by atoms with Crippen molar-refractivity contribution in [1.29, 1.82) is 0 Å². The zero-order valence-corrected chi connectivity index (χ0v) is 5.60. The molecule has 9 heavy (non-hydrogen) atoms. The Labute approximate surface area is 55.4 Å². The van der Waals surface area contributed by atoms with Gasteiger partial charge in [-0.15, -0.1) is 0 Å². The summed E-state index contributed by atoms with van der Waals surface area (Å²) >= 11 is 0. The first-order valence-corrected chi connectivity index (χ1v) is 3.65. The molecule has 52 valence electrons. The zero-order valence-electron chi connectivity index (χ0n) is 5.60. The third-order valence-electron chi connectivity index (χ3n) is 2.83. The fourth-order valence-electron chi connectivity index (χ4n) is 1.83. The molecule has 0 amide bonds. The van der Waals surface area contributed by atoms with E-state index in [4.69, 9.17) is 10.5 Å². The van der Waals surface area contributed by atoms with E-state index in [0.29, 0.717) is 5.41 Å². The molecule has 0 spiro atoms. The van der Waals surface area contributed by atoms with E-state index in [1.807, 2.05) is 0 Å². The Balaban J connectivity index is 2.01. The molecule has 0 radical (unpaired) electrons. The van der Waals surface area contributed by atoms with Gasteiger partial charge >= 0.3 is 0 Å². The van der Waals surface area contributed by atoms with E-state index in [0.717, 1.165) is 25.7 Å². The fraction of sp³-hybridized carbons (Fsp3) is 1.00. The highest BCUT2D eigenvalue weighted by Gasteiger charge is 2.54. The van der Waals surface area contributed by atoms with Crippen molar-refractivity contribution in [1.82, 2.24) is 0 Å². The van der Waals surface area contributed by atoms with Gasteiger partial charge in [-0.05, 0) is 30.7 Å². The maximum absolute atomic E-state index is 5.62. The first kappa shape index (κ1) is 5.69. The second kappa shape index (κ2) is 1.70. The highest BCUT2D eigenvalue weighted by Crippen LogP contribution is 2.56. The van der Waals surface area contributed by atoms with Crippen molar-refractivity contribution >= 4 is 0 Å². The molecular weight excluding hydrogens is 114 g/mol. The molecule has 1 aliphatic carbocycles. The summed E-state index contributed by atoms with van der Waals surface area (Å²) in [5.74, 6) is 0.816. The van der Waals surface area contributed by atoms with Crippen LogP contribution in [-0.2, 0) is 4.74 Å². The topological polar surface area (TPSA) is 35.2 Å². The Morgan fingerprint density at radius 1 is 1.67 bits per heavy atom. The number of rotatable bonds is 1. The molecule has 2 fully saturated rings. The van der Waals surface area contributed by atoms with Crippen molar-refractivity contribution in [3.8, 4) is 0 Å². The van der Waals surface area contributed by atoms with Gasteiger partial charge < -0.3 is 10.5 Å². The lowest BCUT2D eigenvalue weighted by Crippen LogP contribution is -2.25. The molecule has 2 aliphatic rings. The smallest absolute Gasteiger partial charge is 0.0500 e. The van der Waals surface area contributed by atoms with E-state index in [2.05, 4.69) is 0 Å². The van der Waals surface area contributed by atoms with Crippen LogP contribution in [0.15, 0.2) is 0 Å². The van der Waals surface area contributed by atoms with Crippen LogP contribution in [0.5, 0.6) is 0 Å². The van der Waals surface area contributed by atoms with Crippen LogP contribution in [0.4, 0.5) is 0 Å². The third kappa shape index (κ3) is 0.700. The molecule has 0 aromatic heterocycles. The van der Waals surface area contributed by atoms with E-state index >= 15 is 0 Å². The summed E-state index contributed by atoms with van der Waals surface area (Å²) in [7, 11) is 0. The zero-order chi connectivity index (χ0) is 6.32. The van der Waals surface area contributed by atoms with Crippen molar-refractivity contribution in [2.24, 2.45) is 17.1 Å².